The molecular formula is C21H16FN5O3. The van der Waals surface area contributed by atoms with Crippen molar-refractivity contribution in [3.05, 3.63) is 66.0 Å². The molecule has 1 fully saturated rings. The van der Waals surface area contributed by atoms with Crippen LogP contribution in [0.5, 0.6) is 5.75 Å². The average molecular weight is 405 g/mol. The number of aromatic amines is 1. The van der Waals surface area contributed by atoms with Crippen molar-refractivity contribution in [2.75, 3.05) is 18.5 Å². The number of halogens is 1. The molecule has 2 N–H and O–H groups in total. The van der Waals surface area contributed by atoms with Crippen LogP contribution in [-0.2, 0) is 4.74 Å². The summed E-state index contributed by atoms with van der Waals surface area (Å²) >= 11 is 0. The highest BCUT2D eigenvalue weighted by atomic mass is 19.1. The third kappa shape index (κ3) is 3.58. The number of pyridine rings is 1. The molecule has 30 heavy (non-hydrogen) atoms. The van der Waals surface area contributed by atoms with E-state index >= 15 is 0 Å². The first-order valence-electron chi connectivity index (χ1n) is 9.29. The average Bonchev–Trinajstić information content (AvgIpc) is 3.20. The Balaban J connectivity index is 1.35. The summed E-state index contributed by atoms with van der Waals surface area (Å²) < 4.78 is 25.1. The molecule has 0 radical (unpaired) electrons. The van der Waals surface area contributed by atoms with Gasteiger partial charge in [-0.1, -0.05) is 0 Å². The maximum atomic E-state index is 14.4. The number of H-pyrrole nitrogens is 1. The van der Waals surface area contributed by atoms with Gasteiger partial charge in [0.05, 0.1) is 24.5 Å². The topological polar surface area (TPSA) is 102 Å². The first-order valence-corrected chi connectivity index (χ1v) is 9.29. The number of hydrogen-bond donors (Lipinski definition) is 2. The van der Waals surface area contributed by atoms with Crippen molar-refractivity contribution in [1.29, 1.82) is 0 Å². The lowest BCUT2D eigenvalue weighted by Crippen LogP contribution is -2.38. The van der Waals surface area contributed by atoms with Gasteiger partial charge < -0.3 is 14.8 Å². The predicted molar refractivity (Wildman–Crippen MR) is 107 cm³/mol. The molecular weight excluding hydrogens is 389 g/mol. The lowest BCUT2D eigenvalue weighted by molar-refractivity contribution is -0.0796. The first-order chi connectivity index (χ1) is 14.7. The second kappa shape index (κ2) is 7.53. The highest BCUT2D eigenvalue weighted by Gasteiger charge is 2.20. The van der Waals surface area contributed by atoms with E-state index in [1.165, 1.54) is 12.1 Å². The number of hydrogen-bond acceptors (Lipinski definition) is 6. The highest BCUT2D eigenvalue weighted by molar-refractivity contribution is 6.05. The minimum absolute atomic E-state index is 0.0624. The van der Waals surface area contributed by atoms with E-state index in [0.29, 0.717) is 47.1 Å². The molecule has 150 valence electrons. The second-order valence-electron chi connectivity index (χ2n) is 6.81. The summed E-state index contributed by atoms with van der Waals surface area (Å²) in [5.74, 6) is -0.495. The van der Waals surface area contributed by atoms with Gasteiger partial charge in [-0.25, -0.2) is 9.37 Å². The van der Waals surface area contributed by atoms with Crippen LogP contribution in [0, 0.1) is 5.82 Å². The van der Waals surface area contributed by atoms with Crippen LogP contribution in [0.4, 0.5) is 10.1 Å². The summed E-state index contributed by atoms with van der Waals surface area (Å²) in [5, 5.41) is 13.1. The van der Waals surface area contributed by atoms with Crippen molar-refractivity contribution in [2.24, 2.45) is 0 Å². The van der Waals surface area contributed by atoms with Gasteiger partial charge in [-0.05, 0) is 54.6 Å². The van der Waals surface area contributed by atoms with E-state index in [4.69, 9.17) is 9.47 Å². The number of nitrogens with zero attached hydrogens (tertiary/aromatic N) is 3. The van der Waals surface area contributed by atoms with Crippen molar-refractivity contribution in [2.45, 2.75) is 6.10 Å². The summed E-state index contributed by atoms with van der Waals surface area (Å²) in [6.45, 7) is 1.15. The van der Waals surface area contributed by atoms with Crippen LogP contribution in [0.2, 0.25) is 0 Å². The van der Waals surface area contributed by atoms with Gasteiger partial charge in [0.15, 0.2) is 0 Å². The van der Waals surface area contributed by atoms with Crippen molar-refractivity contribution in [1.82, 2.24) is 20.4 Å². The zero-order chi connectivity index (χ0) is 20.5. The van der Waals surface area contributed by atoms with E-state index in [2.05, 4.69) is 25.7 Å². The molecule has 0 spiro atoms. The smallest absolute Gasteiger partial charge is 0.258 e. The van der Waals surface area contributed by atoms with Crippen molar-refractivity contribution < 1.29 is 18.7 Å². The Morgan fingerprint density at radius 1 is 1.10 bits per heavy atom. The fourth-order valence-electron chi connectivity index (χ4n) is 3.05. The SMILES string of the molecule is O=C(Nc1ccc(OC2COC2)cc1)c1cc(-c2ccc3n[nH]nc3n2)ccc1F. The molecule has 2 aromatic heterocycles. The summed E-state index contributed by atoms with van der Waals surface area (Å²) in [7, 11) is 0. The van der Waals surface area contributed by atoms with Gasteiger partial charge in [0.25, 0.3) is 5.91 Å². The van der Waals surface area contributed by atoms with Crippen LogP contribution in [0.3, 0.4) is 0 Å². The highest BCUT2D eigenvalue weighted by Crippen LogP contribution is 2.24. The molecule has 4 aromatic rings. The number of fused-ring (bicyclic) bond motifs is 1. The zero-order valence-electron chi connectivity index (χ0n) is 15.6. The number of amides is 1. The van der Waals surface area contributed by atoms with Gasteiger partial charge in [-0.3, -0.25) is 4.79 Å². The zero-order valence-corrected chi connectivity index (χ0v) is 15.6. The molecule has 0 aliphatic carbocycles. The number of rotatable bonds is 5. The van der Waals surface area contributed by atoms with E-state index < -0.39 is 11.7 Å². The maximum Gasteiger partial charge on any atom is 0.258 e. The Bertz CT molecular complexity index is 1220. The van der Waals surface area contributed by atoms with Gasteiger partial charge >= 0.3 is 0 Å². The fraction of sp³-hybridized carbons (Fsp3) is 0.143. The third-order valence-corrected chi connectivity index (χ3v) is 4.71. The van der Waals surface area contributed by atoms with E-state index in [1.807, 2.05) is 0 Å². The third-order valence-electron chi connectivity index (χ3n) is 4.71. The number of ether oxygens (including phenoxy) is 2. The second-order valence-corrected chi connectivity index (χ2v) is 6.81. The molecule has 5 rings (SSSR count). The Hall–Kier alpha value is -3.85. The van der Waals surface area contributed by atoms with Crippen LogP contribution in [0.15, 0.2) is 54.6 Å². The first kappa shape index (κ1) is 18.2. The molecule has 0 saturated carbocycles. The van der Waals surface area contributed by atoms with Crippen LogP contribution in [-0.4, -0.2) is 45.6 Å². The quantitative estimate of drug-likeness (QED) is 0.529. The van der Waals surface area contributed by atoms with Crippen LogP contribution >= 0.6 is 0 Å². The number of carbonyl (C=O) groups excluding carboxylic acids is 1. The number of carbonyl (C=O) groups is 1. The van der Waals surface area contributed by atoms with Crippen molar-refractivity contribution >= 4 is 22.8 Å². The van der Waals surface area contributed by atoms with Crippen LogP contribution in [0.1, 0.15) is 10.4 Å². The van der Waals surface area contributed by atoms with E-state index in [9.17, 15) is 9.18 Å². The number of benzene rings is 2. The number of aromatic nitrogens is 4. The molecule has 9 heteroatoms. The normalized spacial score (nSPS) is 13.8. The molecule has 1 aliphatic rings. The van der Waals surface area contributed by atoms with Crippen LogP contribution < -0.4 is 10.1 Å². The summed E-state index contributed by atoms with van der Waals surface area (Å²) in [6, 6.07) is 14.7. The van der Waals surface area contributed by atoms with Gasteiger partial charge in [0.1, 0.15) is 23.2 Å². The number of anilines is 1. The number of nitrogens with one attached hydrogen (secondary N) is 2. The van der Waals surface area contributed by atoms with Gasteiger partial charge in [0.2, 0.25) is 5.65 Å². The Morgan fingerprint density at radius 3 is 2.70 bits per heavy atom. The van der Waals surface area contributed by atoms with Crippen molar-refractivity contribution in [3.63, 3.8) is 0 Å². The molecule has 0 bridgehead atoms. The minimum Gasteiger partial charge on any atom is -0.486 e. The Labute approximate surface area is 170 Å². The maximum absolute atomic E-state index is 14.4. The van der Waals surface area contributed by atoms with E-state index in [0.717, 1.165) is 0 Å². The van der Waals surface area contributed by atoms with Crippen molar-refractivity contribution in [3.8, 4) is 17.0 Å². The van der Waals surface area contributed by atoms with Gasteiger partial charge in [-0.2, -0.15) is 10.3 Å². The van der Waals surface area contributed by atoms with Gasteiger partial charge in [0, 0.05) is 11.3 Å². The summed E-state index contributed by atoms with van der Waals surface area (Å²) in [5.41, 5.74) is 2.67. The minimum atomic E-state index is -0.622. The lowest BCUT2D eigenvalue weighted by Gasteiger charge is -2.26. The molecule has 8 nitrogen and oxygen atoms in total. The molecule has 0 unspecified atom stereocenters. The predicted octanol–water partition coefficient (Wildman–Crippen LogP) is 3.19. The summed E-state index contributed by atoms with van der Waals surface area (Å²) in [4.78, 5) is 17.0. The molecule has 2 aromatic carbocycles. The molecule has 1 saturated heterocycles. The lowest BCUT2D eigenvalue weighted by atomic mass is 10.1. The van der Waals surface area contributed by atoms with E-state index in [-0.39, 0.29) is 11.7 Å². The Morgan fingerprint density at radius 2 is 1.93 bits per heavy atom. The monoisotopic (exact) mass is 405 g/mol. The molecule has 1 aliphatic heterocycles. The fourth-order valence-corrected chi connectivity index (χ4v) is 3.05. The van der Waals surface area contributed by atoms with Gasteiger partial charge in [-0.15, -0.1) is 5.10 Å². The van der Waals surface area contributed by atoms with E-state index in [1.54, 1.807) is 42.5 Å². The van der Waals surface area contributed by atoms with Crippen LogP contribution in [0.25, 0.3) is 22.4 Å². The standard InChI is InChI=1S/C21H16FN5O3/c22-17-6-1-12(18-7-8-19-20(24-18)26-27-25-19)9-16(17)21(28)23-13-2-4-14(5-3-13)30-15-10-29-11-15/h1-9,15H,10-11H2,(H,23,28)(H,24,25,26,27). The largest absolute Gasteiger partial charge is 0.486 e. The summed E-state index contributed by atoms with van der Waals surface area (Å²) in [6.07, 6.45) is 0.0624. The molecule has 1 amide bonds. The molecule has 0 atom stereocenters. The Kier molecular flexibility index (Phi) is 4.56. The molecule has 3 heterocycles.